The summed E-state index contributed by atoms with van der Waals surface area (Å²) in [7, 11) is 0. The Morgan fingerprint density at radius 3 is 2.67 bits per heavy atom. The van der Waals surface area contributed by atoms with Crippen LogP contribution in [0, 0.1) is 5.82 Å². The number of hydrogen-bond donors (Lipinski definition) is 1. The molecule has 1 N–H and O–H groups in total. The van der Waals surface area contributed by atoms with E-state index in [9.17, 15) is 9.18 Å². The van der Waals surface area contributed by atoms with Gasteiger partial charge in [0.1, 0.15) is 11.6 Å². The van der Waals surface area contributed by atoms with Crippen molar-refractivity contribution in [3.8, 4) is 11.3 Å². The molecule has 0 unspecified atom stereocenters. The highest BCUT2D eigenvalue weighted by atomic mass is 19.1. The number of nitrogens with zero attached hydrogens (tertiary/aromatic N) is 3. The molecule has 0 aliphatic rings. The largest absolute Gasteiger partial charge is 0.355 e. The molecule has 27 heavy (non-hydrogen) atoms. The molecule has 0 atom stereocenters. The lowest BCUT2D eigenvalue weighted by molar-refractivity contribution is 0.101. The van der Waals surface area contributed by atoms with Gasteiger partial charge in [-0.2, -0.15) is 5.10 Å². The maximum absolute atomic E-state index is 13.9. The van der Waals surface area contributed by atoms with E-state index in [4.69, 9.17) is 4.52 Å². The maximum atomic E-state index is 13.9. The van der Waals surface area contributed by atoms with E-state index in [1.54, 1.807) is 35.1 Å². The third-order valence-corrected chi connectivity index (χ3v) is 4.02. The summed E-state index contributed by atoms with van der Waals surface area (Å²) in [5, 5.41) is 10.7. The highest BCUT2D eigenvalue weighted by molar-refractivity contribution is 6.02. The van der Waals surface area contributed by atoms with Gasteiger partial charge in [-0.1, -0.05) is 47.6 Å². The van der Waals surface area contributed by atoms with Gasteiger partial charge in [-0.25, -0.2) is 9.07 Å². The van der Waals surface area contributed by atoms with Crippen LogP contribution >= 0.6 is 0 Å². The zero-order valence-corrected chi connectivity index (χ0v) is 14.2. The molecule has 0 radical (unpaired) electrons. The molecular weight excluding hydrogens is 347 g/mol. The molecule has 0 bridgehead atoms. The fraction of sp³-hybridized carbons (Fsp3) is 0.0500. The summed E-state index contributed by atoms with van der Waals surface area (Å²) in [5.41, 5.74) is 1.36. The Morgan fingerprint density at radius 2 is 1.85 bits per heavy atom. The Kier molecular flexibility index (Phi) is 4.49. The van der Waals surface area contributed by atoms with Gasteiger partial charge in [0.2, 0.25) is 0 Å². The summed E-state index contributed by atoms with van der Waals surface area (Å²) < 4.78 is 20.6. The van der Waals surface area contributed by atoms with Crippen LogP contribution in [0.2, 0.25) is 0 Å². The Hall–Kier alpha value is -3.74. The van der Waals surface area contributed by atoms with Crippen molar-refractivity contribution in [2.24, 2.45) is 0 Å². The summed E-state index contributed by atoms with van der Waals surface area (Å²) in [4.78, 5) is 12.5. The predicted octanol–water partition coefficient (Wildman–Crippen LogP) is 3.98. The van der Waals surface area contributed by atoms with Gasteiger partial charge in [0.15, 0.2) is 11.5 Å². The lowest BCUT2D eigenvalue weighted by Crippen LogP contribution is -2.16. The first-order chi connectivity index (χ1) is 13.2. The molecule has 0 saturated heterocycles. The average molecular weight is 362 g/mol. The number of anilines is 1. The van der Waals surface area contributed by atoms with E-state index >= 15 is 0 Å². The highest BCUT2D eigenvalue weighted by Gasteiger charge is 2.17. The van der Waals surface area contributed by atoms with Crippen molar-refractivity contribution in [2.45, 2.75) is 6.54 Å². The number of benzene rings is 2. The summed E-state index contributed by atoms with van der Waals surface area (Å²) in [6.45, 7) is 0.517. The minimum absolute atomic E-state index is 0.0562. The third kappa shape index (κ3) is 3.62. The monoisotopic (exact) mass is 362 g/mol. The standard InChI is InChI=1S/C20H15FN4O2/c21-16-9-5-4-8-15(16)18-12-17(24-27-18)20(26)23-19-10-11-22-25(19)13-14-6-2-1-3-7-14/h1-12H,13H2,(H,23,26). The Morgan fingerprint density at radius 1 is 1.07 bits per heavy atom. The van der Waals surface area contributed by atoms with Gasteiger partial charge in [-0.15, -0.1) is 0 Å². The van der Waals surface area contributed by atoms with E-state index in [2.05, 4.69) is 15.6 Å². The molecule has 4 aromatic rings. The Bertz CT molecular complexity index is 1070. The number of rotatable bonds is 5. The van der Waals surface area contributed by atoms with Crippen LogP contribution in [0.1, 0.15) is 16.1 Å². The van der Waals surface area contributed by atoms with Crippen LogP contribution in [0.3, 0.4) is 0 Å². The first-order valence-corrected chi connectivity index (χ1v) is 8.29. The van der Waals surface area contributed by atoms with Crippen LogP contribution in [-0.4, -0.2) is 20.8 Å². The second kappa shape index (κ2) is 7.25. The van der Waals surface area contributed by atoms with Crippen molar-refractivity contribution in [2.75, 3.05) is 5.32 Å². The smallest absolute Gasteiger partial charge is 0.279 e. The lowest BCUT2D eigenvalue weighted by atomic mass is 10.1. The molecule has 6 nitrogen and oxygen atoms in total. The zero-order valence-electron chi connectivity index (χ0n) is 14.2. The van der Waals surface area contributed by atoms with Crippen LogP contribution in [0.15, 0.2) is 77.4 Å². The van der Waals surface area contributed by atoms with E-state index in [1.165, 1.54) is 12.1 Å². The van der Waals surface area contributed by atoms with Crippen LogP contribution < -0.4 is 5.32 Å². The SMILES string of the molecule is O=C(Nc1ccnn1Cc1ccccc1)c1cc(-c2ccccc2F)on1. The Balaban J connectivity index is 1.51. The molecule has 0 saturated carbocycles. The van der Waals surface area contributed by atoms with Crippen molar-refractivity contribution in [3.05, 3.63) is 90.0 Å². The highest BCUT2D eigenvalue weighted by Crippen LogP contribution is 2.23. The fourth-order valence-electron chi connectivity index (χ4n) is 2.67. The predicted molar refractivity (Wildman–Crippen MR) is 97.6 cm³/mol. The van der Waals surface area contributed by atoms with E-state index in [0.717, 1.165) is 5.56 Å². The van der Waals surface area contributed by atoms with Crippen molar-refractivity contribution >= 4 is 11.7 Å². The minimum Gasteiger partial charge on any atom is -0.355 e. The number of carbonyl (C=O) groups excluding carboxylic acids is 1. The van der Waals surface area contributed by atoms with Gasteiger partial charge >= 0.3 is 0 Å². The molecule has 2 aromatic carbocycles. The number of nitrogens with one attached hydrogen (secondary N) is 1. The second-order valence-corrected chi connectivity index (χ2v) is 5.87. The molecular formula is C20H15FN4O2. The number of halogens is 1. The molecule has 2 heterocycles. The van der Waals surface area contributed by atoms with Crippen molar-refractivity contribution < 1.29 is 13.7 Å². The van der Waals surface area contributed by atoms with Gasteiger partial charge < -0.3 is 9.84 Å². The third-order valence-electron chi connectivity index (χ3n) is 4.02. The van der Waals surface area contributed by atoms with Crippen molar-refractivity contribution in [1.82, 2.24) is 14.9 Å². The fourth-order valence-corrected chi connectivity index (χ4v) is 2.67. The quantitative estimate of drug-likeness (QED) is 0.583. The van der Waals surface area contributed by atoms with E-state index in [0.29, 0.717) is 12.4 Å². The van der Waals surface area contributed by atoms with Crippen LogP contribution in [0.25, 0.3) is 11.3 Å². The molecule has 7 heteroatoms. The first-order valence-electron chi connectivity index (χ1n) is 8.29. The van der Waals surface area contributed by atoms with E-state index in [1.807, 2.05) is 30.3 Å². The average Bonchev–Trinajstić information content (AvgIpc) is 3.33. The molecule has 1 amide bonds. The molecule has 0 aliphatic heterocycles. The molecule has 0 aliphatic carbocycles. The van der Waals surface area contributed by atoms with Crippen LogP contribution in [-0.2, 0) is 6.54 Å². The molecule has 2 aromatic heterocycles. The number of carbonyl (C=O) groups is 1. The molecule has 0 spiro atoms. The number of hydrogen-bond acceptors (Lipinski definition) is 4. The second-order valence-electron chi connectivity index (χ2n) is 5.87. The Labute approximate surface area is 154 Å². The minimum atomic E-state index is -0.462. The van der Waals surface area contributed by atoms with Gasteiger partial charge in [0, 0.05) is 12.1 Å². The topological polar surface area (TPSA) is 73.0 Å². The zero-order chi connectivity index (χ0) is 18.6. The molecule has 4 rings (SSSR count). The normalized spacial score (nSPS) is 10.7. The summed E-state index contributed by atoms with van der Waals surface area (Å²) in [5.74, 6) is -0.187. The first kappa shape index (κ1) is 16.7. The summed E-state index contributed by atoms with van der Waals surface area (Å²) in [6, 6.07) is 19.0. The lowest BCUT2D eigenvalue weighted by Gasteiger charge is -2.08. The van der Waals surface area contributed by atoms with Gasteiger partial charge in [-0.05, 0) is 17.7 Å². The van der Waals surface area contributed by atoms with Gasteiger partial charge in [-0.3, -0.25) is 4.79 Å². The molecule has 0 fully saturated rings. The van der Waals surface area contributed by atoms with Crippen LogP contribution in [0.4, 0.5) is 10.2 Å². The van der Waals surface area contributed by atoms with E-state index < -0.39 is 11.7 Å². The molecule has 134 valence electrons. The maximum Gasteiger partial charge on any atom is 0.279 e. The van der Waals surface area contributed by atoms with E-state index in [-0.39, 0.29) is 17.0 Å². The number of aromatic nitrogens is 3. The van der Waals surface area contributed by atoms with Crippen molar-refractivity contribution in [1.29, 1.82) is 0 Å². The number of amides is 1. The van der Waals surface area contributed by atoms with Gasteiger partial charge in [0.05, 0.1) is 18.3 Å². The van der Waals surface area contributed by atoms with Crippen molar-refractivity contribution in [3.63, 3.8) is 0 Å². The summed E-state index contributed by atoms with van der Waals surface area (Å²) >= 11 is 0. The van der Waals surface area contributed by atoms with Crippen LogP contribution in [0.5, 0.6) is 0 Å². The van der Waals surface area contributed by atoms with Gasteiger partial charge in [0.25, 0.3) is 5.91 Å². The summed E-state index contributed by atoms with van der Waals surface area (Å²) in [6.07, 6.45) is 1.60.